The predicted octanol–water partition coefficient (Wildman–Crippen LogP) is 0.945. The van der Waals surface area contributed by atoms with Gasteiger partial charge in [-0.05, 0) is 25.3 Å². The Morgan fingerprint density at radius 3 is 3.05 bits per heavy atom. The Morgan fingerprint density at radius 1 is 1.52 bits per heavy atom. The molecule has 116 valence electrons. The number of methoxy groups -OCH3 is 1. The standard InChI is InChI=1S/C14H22N4O3/c1-21-6-5-18-4-2-3-11(10-18)7-16-13-9-15-12(8-17-13)14(19)20/h8-9,11H,2-7,10H2,1H3,(H,16,17)(H,19,20). The first-order valence-corrected chi connectivity index (χ1v) is 7.19. The summed E-state index contributed by atoms with van der Waals surface area (Å²) < 4.78 is 5.12. The van der Waals surface area contributed by atoms with Crippen molar-refractivity contribution >= 4 is 11.8 Å². The fourth-order valence-corrected chi connectivity index (χ4v) is 2.52. The number of nitrogens with one attached hydrogen (secondary N) is 1. The van der Waals surface area contributed by atoms with Crippen molar-refractivity contribution in [2.75, 3.05) is 45.2 Å². The zero-order valence-electron chi connectivity index (χ0n) is 12.3. The molecular weight excluding hydrogens is 272 g/mol. The summed E-state index contributed by atoms with van der Waals surface area (Å²) in [5.74, 6) is 0.126. The fraction of sp³-hybridized carbons (Fsp3) is 0.643. The van der Waals surface area contributed by atoms with E-state index >= 15 is 0 Å². The van der Waals surface area contributed by atoms with Crippen LogP contribution in [0.4, 0.5) is 5.82 Å². The second kappa shape index (κ2) is 7.90. The van der Waals surface area contributed by atoms with Gasteiger partial charge < -0.3 is 20.1 Å². The van der Waals surface area contributed by atoms with Crippen molar-refractivity contribution in [3.05, 3.63) is 18.1 Å². The topological polar surface area (TPSA) is 87.6 Å². The van der Waals surface area contributed by atoms with E-state index in [4.69, 9.17) is 9.84 Å². The van der Waals surface area contributed by atoms with E-state index < -0.39 is 5.97 Å². The molecule has 1 atom stereocenters. The third kappa shape index (κ3) is 4.95. The van der Waals surface area contributed by atoms with Crippen molar-refractivity contribution in [2.45, 2.75) is 12.8 Å². The summed E-state index contributed by atoms with van der Waals surface area (Å²) in [7, 11) is 1.72. The number of nitrogens with zero attached hydrogens (tertiary/aromatic N) is 3. The number of carboxylic acid groups (broad SMARTS) is 1. The lowest BCUT2D eigenvalue weighted by Crippen LogP contribution is -2.39. The van der Waals surface area contributed by atoms with Crippen LogP contribution in [-0.4, -0.2) is 65.8 Å². The molecule has 7 nitrogen and oxygen atoms in total. The van der Waals surface area contributed by atoms with Crippen LogP contribution in [0.25, 0.3) is 0 Å². The van der Waals surface area contributed by atoms with Gasteiger partial charge in [0.2, 0.25) is 0 Å². The number of anilines is 1. The highest BCUT2D eigenvalue weighted by atomic mass is 16.5. The molecule has 2 rings (SSSR count). The number of aromatic carboxylic acids is 1. The molecule has 1 saturated heterocycles. The summed E-state index contributed by atoms with van der Waals surface area (Å²) >= 11 is 0. The van der Waals surface area contributed by atoms with Crippen molar-refractivity contribution in [3.63, 3.8) is 0 Å². The van der Waals surface area contributed by atoms with Crippen molar-refractivity contribution in [1.29, 1.82) is 0 Å². The highest BCUT2D eigenvalue weighted by Crippen LogP contribution is 2.16. The van der Waals surface area contributed by atoms with Crippen molar-refractivity contribution < 1.29 is 14.6 Å². The summed E-state index contributed by atoms with van der Waals surface area (Å²) in [4.78, 5) is 21.0. The first kappa shape index (κ1) is 15.7. The van der Waals surface area contributed by atoms with E-state index in [9.17, 15) is 4.79 Å². The Kier molecular flexibility index (Phi) is 5.89. The molecule has 2 N–H and O–H groups in total. The Bertz CT molecular complexity index is 452. The molecule has 0 aliphatic carbocycles. The molecule has 1 aliphatic rings. The van der Waals surface area contributed by atoms with E-state index in [1.807, 2.05) is 0 Å². The van der Waals surface area contributed by atoms with E-state index in [0.717, 1.165) is 32.8 Å². The minimum absolute atomic E-state index is 0.0380. The zero-order valence-corrected chi connectivity index (χ0v) is 12.3. The summed E-state index contributed by atoms with van der Waals surface area (Å²) in [6.45, 7) is 4.75. The lowest BCUT2D eigenvalue weighted by Gasteiger charge is -2.32. The second-order valence-corrected chi connectivity index (χ2v) is 5.27. The van der Waals surface area contributed by atoms with Crippen molar-refractivity contribution in [3.8, 4) is 0 Å². The van der Waals surface area contributed by atoms with Crippen LogP contribution in [-0.2, 0) is 4.74 Å². The Labute approximate surface area is 124 Å². The normalized spacial score (nSPS) is 19.4. The number of ether oxygens (including phenoxy) is 1. The van der Waals surface area contributed by atoms with Crippen LogP contribution in [0.3, 0.4) is 0 Å². The molecule has 1 aliphatic heterocycles. The van der Waals surface area contributed by atoms with Crippen LogP contribution in [0.2, 0.25) is 0 Å². The number of piperidine rings is 1. The number of hydrogen-bond donors (Lipinski definition) is 2. The average Bonchev–Trinajstić information content (AvgIpc) is 2.52. The molecule has 0 amide bonds. The first-order valence-electron chi connectivity index (χ1n) is 7.19. The first-order chi connectivity index (χ1) is 10.2. The number of aromatic nitrogens is 2. The summed E-state index contributed by atoms with van der Waals surface area (Å²) in [5.41, 5.74) is -0.0380. The van der Waals surface area contributed by atoms with E-state index in [1.54, 1.807) is 7.11 Å². The highest BCUT2D eigenvalue weighted by molar-refractivity contribution is 5.84. The monoisotopic (exact) mass is 294 g/mol. The fourth-order valence-electron chi connectivity index (χ4n) is 2.52. The average molecular weight is 294 g/mol. The molecule has 1 unspecified atom stereocenters. The van der Waals surface area contributed by atoms with E-state index in [2.05, 4.69) is 20.2 Å². The second-order valence-electron chi connectivity index (χ2n) is 5.27. The van der Waals surface area contributed by atoms with Crippen LogP contribution in [0.15, 0.2) is 12.4 Å². The van der Waals surface area contributed by atoms with Crippen LogP contribution in [0.5, 0.6) is 0 Å². The van der Waals surface area contributed by atoms with E-state index in [1.165, 1.54) is 25.2 Å². The maximum atomic E-state index is 10.7. The Balaban J connectivity index is 1.78. The molecular formula is C14H22N4O3. The lowest BCUT2D eigenvalue weighted by atomic mass is 9.98. The third-order valence-electron chi connectivity index (χ3n) is 3.66. The number of hydrogen-bond acceptors (Lipinski definition) is 6. The zero-order chi connectivity index (χ0) is 15.1. The molecule has 0 saturated carbocycles. The van der Waals surface area contributed by atoms with Crippen molar-refractivity contribution in [1.82, 2.24) is 14.9 Å². The van der Waals surface area contributed by atoms with Gasteiger partial charge >= 0.3 is 5.97 Å². The predicted molar refractivity (Wildman–Crippen MR) is 78.5 cm³/mol. The van der Waals surface area contributed by atoms with E-state index in [-0.39, 0.29) is 5.69 Å². The lowest BCUT2D eigenvalue weighted by molar-refractivity contribution is 0.0690. The molecule has 7 heteroatoms. The molecule has 21 heavy (non-hydrogen) atoms. The molecule has 1 fully saturated rings. The number of carbonyl (C=O) groups is 1. The van der Waals surface area contributed by atoms with Crippen molar-refractivity contribution in [2.24, 2.45) is 5.92 Å². The minimum atomic E-state index is -1.06. The molecule has 1 aromatic rings. The maximum absolute atomic E-state index is 10.7. The van der Waals surface area contributed by atoms with Gasteiger partial charge in [0.05, 0.1) is 19.0 Å². The molecule has 0 aromatic carbocycles. The highest BCUT2D eigenvalue weighted by Gasteiger charge is 2.19. The quantitative estimate of drug-likeness (QED) is 0.774. The smallest absolute Gasteiger partial charge is 0.356 e. The van der Waals surface area contributed by atoms with Gasteiger partial charge in [0, 0.05) is 26.7 Å². The van der Waals surface area contributed by atoms with Crippen LogP contribution >= 0.6 is 0 Å². The third-order valence-corrected chi connectivity index (χ3v) is 3.66. The molecule has 2 heterocycles. The molecule has 0 spiro atoms. The molecule has 0 radical (unpaired) electrons. The Morgan fingerprint density at radius 2 is 2.38 bits per heavy atom. The number of likely N-dealkylation sites (tertiary alicyclic amines) is 1. The maximum Gasteiger partial charge on any atom is 0.356 e. The molecule has 0 bridgehead atoms. The van der Waals surface area contributed by atoms with Crippen LogP contribution < -0.4 is 5.32 Å². The van der Waals surface area contributed by atoms with Gasteiger partial charge in [-0.2, -0.15) is 0 Å². The van der Waals surface area contributed by atoms with Gasteiger partial charge in [-0.3, -0.25) is 0 Å². The summed E-state index contributed by atoms with van der Waals surface area (Å²) in [6.07, 6.45) is 5.13. The van der Waals surface area contributed by atoms with Crippen LogP contribution in [0.1, 0.15) is 23.3 Å². The van der Waals surface area contributed by atoms with Crippen LogP contribution in [0, 0.1) is 5.92 Å². The van der Waals surface area contributed by atoms with Gasteiger partial charge in [-0.1, -0.05) is 0 Å². The number of rotatable bonds is 7. The SMILES string of the molecule is COCCN1CCCC(CNc2cnc(C(=O)O)cn2)C1. The minimum Gasteiger partial charge on any atom is -0.476 e. The summed E-state index contributed by atoms with van der Waals surface area (Å²) in [6, 6.07) is 0. The van der Waals surface area contributed by atoms with Gasteiger partial charge in [-0.25, -0.2) is 14.8 Å². The van der Waals surface area contributed by atoms with Gasteiger partial charge in [0.1, 0.15) is 5.82 Å². The Hall–Kier alpha value is -1.73. The van der Waals surface area contributed by atoms with E-state index in [0.29, 0.717) is 11.7 Å². The summed E-state index contributed by atoms with van der Waals surface area (Å²) in [5, 5.41) is 12.0. The number of carboxylic acids is 1. The van der Waals surface area contributed by atoms with Gasteiger partial charge in [0.15, 0.2) is 5.69 Å². The van der Waals surface area contributed by atoms with Gasteiger partial charge in [-0.15, -0.1) is 0 Å². The van der Waals surface area contributed by atoms with Gasteiger partial charge in [0.25, 0.3) is 0 Å². The molecule has 1 aromatic heterocycles. The largest absolute Gasteiger partial charge is 0.476 e.